The molecule has 1 aromatic carbocycles. The summed E-state index contributed by atoms with van der Waals surface area (Å²) in [6, 6.07) is 6.21. The first-order valence-corrected chi connectivity index (χ1v) is 6.71. The largest absolute Gasteiger partial charge is 0.378 e. The smallest absolute Gasteiger partial charge is 0.0588 e. The van der Waals surface area contributed by atoms with Gasteiger partial charge in [-0.3, -0.25) is 0 Å². The van der Waals surface area contributed by atoms with Crippen LogP contribution in [0.3, 0.4) is 0 Å². The first kappa shape index (κ1) is 12.9. The third-order valence-corrected chi connectivity index (χ3v) is 3.54. The molecule has 3 heteroatoms. The van der Waals surface area contributed by atoms with Gasteiger partial charge in [-0.25, -0.2) is 0 Å². The molecule has 1 aromatic rings. The zero-order chi connectivity index (χ0) is 12.1. The van der Waals surface area contributed by atoms with Gasteiger partial charge in [-0.15, -0.1) is 0 Å². The SMILES string of the molecule is Cc1ccc(CNCCC2CCCO2)c(Cl)c1. The average Bonchev–Trinajstić information content (AvgIpc) is 2.79. The van der Waals surface area contributed by atoms with E-state index >= 15 is 0 Å². The van der Waals surface area contributed by atoms with Crippen molar-refractivity contribution < 1.29 is 4.74 Å². The predicted molar refractivity (Wildman–Crippen MR) is 71.5 cm³/mol. The number of hydrogen-bond donors (Lipinski definition) is 1. The first-order valence-electron chi connectivity index (χ1n) is 6.33. The van der Waals surface area contributed by atoms with Crippen LogP contribution < -0.4 is 5.32 Å². The second-order valence-electron chi connectivity index (χ2n) is 4.70. The molecule has 1 saturated heterocycles. The highest BCUT2D eigenvalue weighted by Gasteiger charge is 2.14. The Labute approximate surface area is 108 Å². The minimum atomic E-state index is 0.469. The first-order chi connectivity index (χ1) is 8.25. The van der Waals surface area contributed by atoms with Crippen LogP contribution in [-0.4, -0.2) is 19.3 Å². The second-order valence-corrected chi connectivity index (χ2v) is 5.10. The molecule has 1 unspecified atom stereocenters. The summed E-state index contributed by atoms with van der Waals surface area (Å²) in [5.74, 6) is 0. The molecule has 1 heterocycles. The van der Waals surface area contributed by atoms with E-state index in [1.807, 2.05) is 6.07 Å². The van der Waals surface area contributed by atoms with Crippen LogP contribution in [0.2, 0.25) is 5.02 Å². The standard InChI is InChI=1S/C14H20ClNO/c1-11-4-5-12(14(15)9-11)10-16-7-6-13-3-2-8-17-13/h4-5,9,13,16H,2-3,6-8,10H2,1H3. The molecule has 94 valence electrons. The van der Waals surface area contributed by atoms with Gasteiger partial charge in [-0.05, 0) is 49.9 Å². The topological polar surface area (TPSA) is 21.3 Å². The summed E-state index contributed by atoms with van der Waals surface area (Å²) in [5.41, 5.74) is 2.38. The molecule has 1 N–H and O–H groups in total. The van der Waals surface area contributed by atoms with Crippen LogP contribution in [0.5, 0.6) is 0 Å². The molecule has 1 fully saturated rings. The van der Waals surface area contributed by atoms with Gasteiger partial charge in [0, 0.05) is 18.2 Å². The highest BCUT2D eigenvalue weighted by molar-refractivity contribution is 6.31. The molecule has 2 nitrogen and oxygen atoms in total. The molecule has 1 atom stereocenters. The maximum absolute atomic E-state index is 6.17. The highest BCUT2D eigenvalue weighted by Crippen LogP contribution is 2.18. The minimum Gasteiger partial charge on any atom is -0.378 e. The Bertz CT molecular complexity index is 361. The number of hydrogen-bond acceptors (Lipinski definition) is 2. The molecule has 1 aliphatic rings. The maximum Gasteiger partial charge on any atom is 0.0588 e. The Morgan fingerprint density at radius 1 is 1.47 bits per heavy atom. The molecule has 0 aliphatic carbocycles. The van der Waals surface area contributed by atoms with Crippen LogP contribution >= 0.6 is 11.6 Å². The van der Waals surface area contributed by atoms with Crippen molar-refractivity contribution in [3.8, 4) is 0 Å². The van der Waals surface area contributed by atoms with Crippen molar-refractivity contribution in [1.82, 2.24) is 5.32 Å². The zero-order valence-corrected chi connectivity index (χ0v) is 11.1. The monoisotopic (exact) mass is 253 g/mol. The zero-order valence-electron chi connectivity index (χ0n) is 10.3. The van der Waals surface area contributed by atoms with Gasteiger partial charge in [0.25, 0.3) is 0 Å². The van der Waals surface area contributed by atoms with Crippen molar-refractivity contribution in [3.05, 3.63) is 34.3 Å². The number of halogens is 1. The van der Waals surface area contributed by atoms with E-state index in [4.69, 9.17) is 16.3 Å². The molecule has 0 aromatic heterocycles. The van der Waals surface area contributed by atoms with Crippen LogP contribution in [0.4, 0.5) is 0 Å². The molecule has 17 heavy (non-hydrogen) atoms. The van der Waals surface area contributed by atoms with Gasteiger partial charge < -0.3 is 10.1 Å². The highest BCUT2D eigenvalue weighted by atomic mass is 35.5. The molecule has 0 bridgehead atoms. The predicted octanol–water partition coefficient (Wildman–Crippen LogP) is 3.31. The van der Waals surface area contributed by atoms with Crippen LogP contribution in [-0.2, 0) is 11.3 Å². The van der Waals surface area contributed by atoms with Crippen molar-refractivity contribution in [2.45, 2.75) is 38.8 Å². The lowest BCUT2D eigenvalue weighted by atomic mass is 10.1. The van der Waals surface area contributed by atoms with Crippen molar-refractivity contribution in [2.24, 2.45) is 0 Å². The molecule has 0 spiro atoms. The average molecular weight is 254 g/mol. The van der Waals surface area contributed by atoms with Crippen molar-refractivity contribution in [1.29, 1.82) is 0 Å². The van der Waals surface area contributed by atoms with Crippen LogP contribution in [0.25, 0.3) is 0 Å². The third-order valence-electron chi connectivity index (χ3n) is 3.19. The van der Waals surface area contributed by atoms with E-state index in [9.17, 15) is 0 Å². The van der Waals surface area contributed by atoms with E-state index in [2.05, 4.69) is 24.4 Å². The lowest BCUT2D eigenvalue weighted by Crippen LogP contribution is -2.20. The fraction of sp³-hybridized carbons (Fsp3) is 0.571. The Balaban J connectivity index is 1.70. The maximum atomic E-state index is 6.17. The molecular formula is C14H20ClNO. The van der Waals surface area contributed by atoms with Gasteiger partial charge in [0.1, 0.15) is 0 Å². The van der Waals surface area contributed by atoms with E-state index in [1.54, 1.807) is 0 Å². The Morgan fingerprint density at radius 3 is 3.06 bits per heavy atom. The summed E-state index contributed by atoms with van der Waals surface area (Å²) in [5, 5.41) is 4.28. The van der Waals surface area contributed by atoms with Crippen molar-refractivity contribution >= 4 is 11.6 Å². The molecule has 0 saturated carbocycles. The fourth-order valence-electron chi connectivity index (χ4n) is 2.15. The Hall–Kier alpha value is -0.570. The number of ether oxygens (including phenoxy) is 1. The molecule has 0 radical (unpaired) electrons. The molecule has 2 rings (SSSR count). The number of aryl methyl sites for hydroxylation is 1. The summed E-state index contributed by atoms with van der Waals surface area (Å²) in [6.07, 6.45) is 4.00. The summed E-state index contributed by atoms with van der Waals surface area (Å²) in [7, 11) is 0. The van der Waals surface area contributed by atoms with Gasteiger partial charge in [0.2, 0.25) is 0 Å². The fourth-order valence-corrected chi connectivity index (χ4v) is 2.46. The lowest BCUT2D eigenvalue weighted by Gasteiger charge is -2.11. The van der Waals surface area contributed by atoms with Gasteiger partial charge >= 0.3 is 0 Å². The molecule has 0 amide bonds. The van der Waals surface area contributed by atoms with Crippen LogP contribution in [0.1, 0.15) is 30.4 Å². The quantitative estimate of drug-likeness (QED) is 0.813. The van der Waals surface area contributed by atoms with E-state index < -0.39 is 0 Å². The lowest BCUT2D eigenvalue weighted by molar-refractivity contribution is 0.104. The van der Waals surface area contributed by atoms with E-state index in [0.29, 0.717) is 6.10 Å². The van der Waals surface area contributed by atoms with Gasteiger partial charge in [0.05, 0.1) is 6.10 Å². The number of rotatable bonds is 5. The summed E-state index contributed by atoms with van der Waals surface area (Å²) >= 11 is 6.17. The van der Waals surface area contributed by atoms with Gasteiger partial charge in [-0.1, -0.05) is 23.7 Å². The number of nitrogens with one attached hydrogen (secondary N) is 1. The van der Waals surface area contributed by atoms with Crippen molar-refractivity contribution in [2.75, 3.05) is 13.2 Å². The summed E-state index contributed by atoms with van der Waals surface area (Å²) in [4.78, 5) is 0. The minimum absolute atomic E-state index is 0.469. The second kappa shape index (κ2) is 6.39. The Kier molecular flexibility index (Phi) is 4.84. The van der Waals surface area contributed by atoms with E-state index in [-0.39, 0.29) is 0 Å². The molecule has 1 aliphatic heterocycles. The normalized spacial score (nSPS) is 19.8. The third kappa shape index (κ3) is 3.98. The van der Waals surface area contributed by atoms with Gasteiger partial charge in [0.15, 0.2) is 0 Å². The summed E-state index contributed by atoms with van der Waals surface area (Å²) < 4.78 is 5.58. The molecular weight excluding hydrogens is 234 g/mol. The van der Waals surface area contributed by atoms with E-state index in [0.717, 1.165) is 31.1 Å². The van der Waals surface area contributed by atoms with Crippen LogP contribution in [0, 0.1) is 6.92 Å². The summed E-state index contributed by atoms with van der Waals surface area (Å²) in [6.45, 7) is 4.83. The van der Waals surface area contributed by atoms with Crippen LogP contribution in [0.15, 0.2) is 18.2 Å². The van der Waals surface area contributed by atoms with E-state index in [1.165, 1.54) is 24.0 Å². The Morgan fingerprint density at radius 2 is 2.35 bits per heavy atom. The number of benzene rings is 1. The van der Waals surface area contributed by atoms with Crippen molar-refractivity contribution in [3.63, 3.8) is 0 Å². The van der Waals surface area contributed by atoms with Gasteiger partial charge in [-0.2, -0.15) is 0 Å².